The Labute approximate surface area is 262 Å². The number of ether oxygens (including phenoxy) is 1. The molecule has 0 unspecified atom stereocenters. The number of H-pyrrole nitrogens is 1. The molecule has 5 aromatic rings. The van der Waals surface area contributed by atoms with Crippen LogP contribution in [0.1, 0.15) is 69.0 Å². The van der Waals surface area contributed by atoms with Crippen LogP contribution in [0.25, 0.3) is 10.9 Å². The van der Waals surface area contributed by atoms with E-state index in [-0.39, 0.29) is 5.82 Å². The number of rotatable bonds is 10. The van der Waals surface area contributed by atoms with Crippen molar-refractivity contribution < 1.29 is 18.7 Å². The van der Waals surface area contributed by atoms with Crippen molar-refractivity contribution in [3.05, 3.63) is 119 Å². The summed E-state index contributed by atoms with van der Waals surface area (Å²) < 4.78 is 21.2. The maximum Gasteiger partial charge on any atom is 0.408 e. The molecule has 2 amide bonds. The molecule has 3 aromatic carbocycles. The van der Waals surface area contributed by atoms with Gasteiger partial charge in [-0.3, -0.25) is 4.79 Å². The second kappa shape index (κ2) is 12.9. The number of amides is 2. The summed E-state index contributed by atoms with van der Waals surface area (Å²) in [5, 5.41) is 16.1. The number of carbonyl (C=O) groups excluding carboxylic acids is 2. The summed E-state index contributed by atoms with van der Waals surface area (Å²) in [7, 11) is 0. The first-order valence-corrected chi connectivity index (χ1v) is 15.0. The first-order chi connectivity index (χ1) is 21.4. The zero-order valence-electron chi connectivity index (χ0n) is 26.2. The summed E-state index contributed by atoms with van der Waals surface area (Å²) in [6.45, 7) is 8.90. The molecule has 0 saturated carbocycles. The first kappa shape index (κ1) is 31.4. The van der Waals surface area contributed by atoms with Crippen LogP contribution in [0.15, 0.2) is 85.1 Å². The van der Waals surface area contributed by atoms with E-state index in [1.807, 2.05) is 65.4 Å². The Morgan fingerprint density at radius 2 is 1.60 bits per heavy atom. The topological polar surface area (TPSA) is 114 Å². The summed E-state index contributed by atoms with van der Waals surface area (Å²) >= 11 is 0. The Balaban J connectivity index is 1.53. The SMILES string of the molecule is CC(C)(C)OC(=O)NC(C)(C)C(=O)N[C@H](Cc1c[nH]c2ccccc12)c1nnc(Cc2ccccc2)n1Cc1ccc(F)cc1. The van der Waals surface area contributed by atoms with Crippen molar-refractivity contribution in [1.29, 1.82) is 0 Å². The molecule has 0 aliphatic rings. The van der Waals surface area contributed by atoms with Crippen molar-refractivity contribution in [2.45, 2.75) is 71.2 Å². The fourth-order valence-corrected chi connectivity index (χ4v) is 5.14. The fraction of sp³-hybridized carbons (Fsp3) is 0.314. The molecule has 10 heteroatoms. The predicted octanol–water partition coefficient (Wildman–Crippen LogP) is 6.24. The van der Waals surface area contributed by atoms with Crippen LogP contribution in [0.2, 0.25) is 0 Å². The fourth-order valence-electron chi connectivity index (χ4n) is 5.14. The van der Waals surface area contributed by atoms with Crippen molar-refractivity contribution in [2.24, 2.45) is 0 Å². The van der Waals surface area contributed by atoms with Crippen LogP contribution < -0.4 is 10.6 Å². The summed E-state index contributed by atoms with van der Waals surface area (Å²) in [6, 6.07) is 23.6. The standard InChI is InChI=1S/C35H39FN6O3/c1-34(2,3)45-33(44)39-35(4,5)32(43)38-29(20-25-21-37-28-14-10-9-13-27(25)28)31-41-40-30(19-23-11-7-6-8-12-23)42(31)22-24-15-17-26(36)18-16-24/h6-18,21,29,37H,19-20,22H2,1-5H3,(H,38,43)(H,39,44)/t29-/m1/s1. The van der Waals surface area contributed by atoms with Crippen LogP contribution in [-0.2, 0) is 28.9 Å². The third kappa shape index (κ3) is 7.94. The van der Waals surface area contributed by atoms with E-state index in [1.54, 1.807) is 46.8 Å². The van der Waals surface area contributed by atoms with Gasteiger partial charge >= 0.3 is 6.09 Å². The number of carbonyl (C=O) groups is 2. The van der Waals surface area contributed by atoms with E-state index >= 15 is 0 Å². The largest absolute Gasteiger partial charge is 0.444 e. The van der Waals surface area contributed by atoms with Crippen molar-refractivity contribution in [3.63, 3.8) is 0 Å². The maximum atomic E-state index is 13.9. The average Bonchev–Trinajstić information content (AvgIpc) is 3.57. The zero-order valence-corrected chi connectivity index (χ0v) is 26.2. The lowest BCUT2D eigenvalue weighted by molar-refractivity contribution is -0.127. The molecule has 3 N–H and O–H groups in total. The number of nitrogens with one attached hydrogen (secondary N) is 3. The second-order valence-electron chi connectivity index (χ2n) is 12.7. The third-order valence-electron chi connectivity index (χ3n) is 7.41. The van der Waals surface area contributed by atoms with E-state index in [9.17, 15) is 14.0 Å². The normalized spacial score (nSPS) is 12.6. The lowest BCUT2D eigenvalue weighted by atomic mass is 10.0. The third-order valence-corrected chi connectivity index (χ3v) is 7.41. The molecule has 0 spiro atoms. The molecule has 0 bridgehead atoms. The van der Waals surface area contributed by atoms with Gasteiger partial charge in [0.15, 0.2) is 5.82 Å². The zero-order chi connectivity index (χ0) is 32.2. The Morgan fingerprint density at radius 3 is 2.31 bits per heavy atom. The van der Waals surface area contributed by atoms with Gasteiger partial charge in [-0.2, -0.15) is 0 Å². The Kier molecular flexibility index (Phi) is 9.04. The number of alkyl carbamates (subject to hydrolysis) is 1. The average molecular weight is 611 g/mol. The molecule has 0 aliphatic carbocycles. The summed E-state index contributed by atoms with van der Waals surface area (Å²) in [5.74, 6) is 0.498. The van der Waals surface area contributed by atoms with E-state index in [1.165, 1.54) is 12.1 Å². The Bertz CT molecular complexity index is 1770. The van der Waals surface area contributed by atoms with E-state index in [2.05, 4.69) is 25.8 Å². The van der Waals surface area contributed by atoms with Gasteiger partial charge in [-0.15, -0.1) is 10.2 Å². The van der Waals surface area contributed by atoms with Crippen LogP contribution in [-0.4, -0.2) is 42.9 Å². The minimum absolute atomic E-state index is 0.323. The van der Waals surface area contributed by atoms with Crippen molar-refractivity contribution >= 4 is 22.9 Å². The lowest BCUT2D eigenvalue weighted by Gasteiger charge is -2.29. The highest BCUT2D eigenvalue weighted by molar-refractivity contribution is 5.89. The molecule has 45 heavy (non-hydrogen) atoms. The molecule has 0 aliphatic heterocycles. The lowest BCUT2D eigenvalue weighted by Crippen LogP contribution is -2.56. The van der Waals surface area contributed by atoms with Gasteiger partial charge in [-0.25, -0.2) is 9.18 Å². The number of benzene rings is 3. The predicted molar refractivity (Wildman–Crippen MR) is 171 cm³/mol. The Hall–Kier alpha value is -4.99. The van der Waals surface area contributed by atoms with Crippen LogP contribution in [0.3, 0.4) is 0 Å². The molecular formula is C35H39FN6O3. The highest BCUT2D eigenvalue weighted by atomic mass is 19.1. The molecule has 0 radical (unpaired) electrons. The van der Waals surface area contributed by atoms with Crippen molar-refractivity contribution in [1.82, 2.24) is 30.4 Å². The smallest absolute Gasteiger partial charge is 0.408 e. The van der Waals surface area contributed by atoms with Crippen molar-refractivity contribution in [3.8, 4) is 0 Å². The molecule has 5 rings (SSSR count). The number of fused-ring (bicyclic) bond motifs is 1. The number of hydrogen-bond acceptors (Lipinski definition) is 5. The van der Waals surface area contributed by atoms with E-state index in [0.29, 0.717) is 31.0 Å². The van der Waals surface area contributed by atoms with Gasteiger partial charge in [0.1, 0.15) is 22.8 Å². The monoisotopic (exact) mass is 610 g/mol. The molecule has 0 fully saturated rings. The molecule has 9 nitrogen and oxygen atoms in total. The summed E-state index contributed by atoms with van der Waals surface area (Å²) in [6.07, 6.45) is 2.14. The summed E-state index contributed by atoms with van der Waals surface area (Å²) in [5.41, 5.74) is 1.83. The van der Waals surface area contributed by atoms with Gasteiger partial charge in [0.25, 0.3) is 0 Å². The van der Waals surface area contributed by atoms with E-state index in [0.717, 1.165) is 27.6 Å². The van der Waals surface area contributed by atoms with E-state index < -0.39 is 29.2 Å². The minimum atomic E-state index is -1.31. The van der Waals surface area contributed by atoms with Crippen molar-refractivity contribution in [2.75, 3.05) is 0 Å². The number of aromatic nitrogens is 4. The summed E-state index contributed by atoms with van der Waals surface area (Å²) in [4.78, 5) is 29.8. The molecule has 234 valence electrons. The number of para-hydroxylation sites is 1. The molecule has 0 saturated heterocycles. The molecular weight excluding hydrogens is 571 g/mol. The number of hydrogen-bond donors (Lipinski definition) is 3. The molecule has 2 aromatic heterocycles. The second-order valence-corrected chi connectivity index (χ2v) is 12.7. The van der Waals surface area contributed by atoms with Gasteiger partial charge in [-0.1, -0.05) is 60.7 Å². The number of halogens is 1. The van der Waals surface area contributed by atoms with Gasteiger partial charge in [0, 0.05) is 29.9 Å². The van der Waals surface area contributed by atoms with Gasteiger partial charge in [-0.05, 0) is 69.5 Å². The number of nitrogens with zero attached hydrogens (tertiary/aromatic N) is 3. The minimum Gasteiger partial charge on any atom is -0.444 e. The van der Waals surface area contributed by atoms with Crippen LogP contribution in [0, 0.1) is 5.82 Å². The Morgan fingerprint density at radius 1 is 0.911 bits per heavy atom. The van der Waals surface area contributed by atoms with E-state index in [4.69, 9.17) is 4.74 Å². The van der Waals surface area contributed by atoms with Crippen LogP contribution >= 0.6 is 0 Å². The first-order valence-electron chi connectivity index (χ1n) is 15.0. The molecule has 1 atom stereocenters. The number of aromatic amines is 1. The quantitative estimate of drug-likeness (QED) is 0.173. The highest BCUT2D eigenvalue weighted by Crippen LogP contribution is 2.26. The van der Waals surface area contributed by atoms with Gasteiger partial charge in [0.2, 0.25) is 5.91 Å². The highest BCUT2D eigenvalue weighted by Gasteiger charge is 2.35. The van der Waals surface area contributed by atoms with Crippen LogP contribution in [0.4, 0.5) is 9.18 Å². The maximum absolute atomic E-state index is 13.9. The van der Waals surface area contributed by atoms with Gasteiger partial charge < -0.3 is 24.9 Å². The van der Waals surface area contributed by atoms with Crippen LogP contribution in [0.5, 0.6) is 0 Å². The van der Waals surface area contributed by atoms with Gasteiger partial charge in [0.05, 0.1) is 12.6 Å². The molecule has 2 heterocycles.